The first-order valence-corrected chi connectivity index (χ1v) is 6.94. The van der Waals surface area contributed by atoms with Gasteiger partial charge in [0.25, 0.3) is 10.0 Å². The summed E-state index contributed by atoms with van der Waals surface area (Å²) >= 11 is 0. The highest BCUT2D eigenvalue weighted by Gasteiger charge is 2.24. The summed E-state index contributed by atoms with van der Waals surface area (Å²) in [5, 5.41) is 12.4. The third-order valence-corrected chi connectivity index (χ3v) is 4.09. The zero-order chi connectivity index (χ0) is 14.9. The number of aryl methyl sites for hydroxylation is 2. The van der Waals surface area contributed by atoms with Crippen molar-refractivity contribution in [3.63, 3.8) is 0 Å². The first-order chi connectivity index (χ1) is 9.31. The summed E-state index contributed by atoms with van der Waals surface area (Å²) in [5.74, 6) is -1.09. The highest BCUT2D eigenvalue weighted by atomic mass is 32.2. The van der Waals surface area contributed by atoms with Gasteiger partial charge in [-0.3, -0.25) is 4.72 Å². The Kier molecular flexibility index (Phi) is 3.45. The maximum Gasteiger partial charge on any atom is 0.354 e. The number of carboxylic acid groups (broad SMARTS) is 1. The van der Waals surface area contributed by atoms with Gasteiger partial charge in [-0.25, -0.2) is 18.2 Å². The Balaban J connectivity index is 2.39. The van der Waals surface area contributed by atoms with Gasteiger partial charge in [0, 0.05) is 6.20 Å². The second kappa shape index (κ2) is 4.93. The van der Waals surface area contributed by atoms with Crippen LogP contribution in [0.1, 0.15) is 21.9 Å². The number of rotatable bonds is 4. The average molecular weight is 297 g/mol. The van der Waals surface area contributed by atoms with Crippen LogP contribution in [0.15, 0.2) is 27.7 Å². The van der Waals surface area contributed by atoms with Crippen molar-refractivity contribution in [2.24, 2.45) is 0 Å². The molecule has 0 aliphatic carbocycles. The van der Waals surface area contributed by atoms with Crippen LogP contribution in [0, 0.1) is 13.8 Å². The molecule has 0 unspecified atom stereocenters. The maximum atomic E-state index is 12.2. The lowest BCUT2D eigenvalue weighted by atomic mass is 10.3. The van der Waals surface area contributed by atoms with Crippen molar-refractivity contribution in [1.29, 1.82) is 0 Å². The number of nitrogens with zero attached hydrogens (tertiary/aromatic N) is 2. The van der Waals surface area contributed by atoms with Gasteiger partial charge in [-0.05, 0) is 26.0 Å². The average Bonchev–Trinajstić information content (AvgIpc) is 2.69. The van der Waals surface area contributed by atoms with Gasteiger partial charge in [-0.1, -0.05) is 5.16 Å². The van der Waals surface area contributed by atoms with Crippen molar-refractivity contribution in [1.82, 2.24) is 10.1 Å². The minimum atomic E-state index is -3.90. The van der Waals surface area contributed by atoms with Gasteiger partial charge in [-0.2, -0.15) is 0 Å². The lowest BCUT2D eigenvalue weighted by molar-refractivity contribution is 0.0690. The summed E-state index contributed by atoms with van der Waals surface area (Å²) in [6.45, 7) is 2.98. The molecular formula is C11H11N3O5S. The Morgan fingerprint density at radius 1 is 1.40 bits per heavy atom. The lowest BCUT2D eigenvalue weighted by Gasteiger charge is -2.07. The first kappa shape index (κ1) is 14.0. The number of anilines is 1. The zero-order valence-corrected chi connectivity index (χ0v) is 11.4. The summed E-state index contributed by atoms with van der Waals surface area (Å²) in [7, 11) is -3.90. The van der Waals surface area contributed by atoms with Crippen LogP contribution < -0.4 is 4.72 Å². The topological polar surface area (TPSA) is 122 Å². The van der Waals surface area contributed by atoms with Gasteiger partial charge in [0.1, 0.15) is 11.4 Å². The minimum absolute atomic E-state index is 0.0637. The predicted octanol–water partition coefficient (Wildman–Crippen LogP) is 1.19. The fourth-order valence-corrected chi connectivity index (χ4v) is 3.06. The molecule has 0 amide bonds. The summed E-state index contributed by atoms with van der Waals surface area (Å²) in [5.41, 5.74) is 0.0591. The molecule has 2 rings (SSSR count). The molecule has 0 saturated carbocycles. The molecule has 8 nitrogen and oxygen atoms in total. The summed E-state index contributed by atoms with van der Waals surface area (Å²) < 4.78 is 31.5. The van der Waals surface area contributed by atoms with Gasteiger partial charge in [0.2, 0.25) is 0 Å². The number of aromatic nitrogens is 2. The highest BCUT2D eigenvalue weighted by Crippen LogP contribution is 2.22. The van der Waals surface area contributed by atoms with Crippen molar-refractivity contribution in [2.75, 3.05) is 4.72 Å². The molecule has 2 N–H and O–H groups in total. The van der Waals surface area contributed by atoms with Gasteiger partial charge >= 0.3 is 5.97 Å². The molecule has 2 aromatic heterocycles. The van der Waals surface area contributed by atoms with Crippen LogP contribution in [0.4, 0.5) is 5.69 Å². The van der Waals surface area contributed by atoms with E-state index in [-0.39, 0.29) is 27.7 Å². The Labute approximate surface area is 114 Å². The third-order valence-electron chi connectivity index (χ3n) is 2.47. The molecule has 0 radical (unpaired) electrons. The van der Waals surface area contributed by atoms with E-state index >= 15 is 0 Å². The van der Waals surface area contributed by atoms with E-state index in [0.717, 1.165) is 6.07 Å². The number of carbonyl (C=O) groups is 1. The van der Waals surface area contributed by atoms with Crippen molar-refractivity contribution in [2.45, 2.75) is 18.7 Å². The van der Waals surface area contributed by atoms with Crippen LogP contribution >= 0.6 is 0 Å². The van der Waals surface area contributed by atoms with E-state index in [2.05, 4.69) is 14.9 Å². The number of pyridine rings is 1. The van der Waals surface area contributed by atoms with E-state index in [4.69, 9.17) is 9.63 Å². The smallest absolute Gasteiger partial charge is 0.354 e. The van der Waals surface area contributed by atoms with E-state index in [1.807, 2.05) is 0 Å². The number of hydrogen-bond donors (Lipinski definition) is 2. The van der Waals surface area contributed by atoms with Gasteiger partial charge in [-0.15, -0.1) is 0 Å². The lowest BCUT2D eigenvalue weighted by Crippen LogP contribution is -2.15. The summed E-state index contributed by atoms with van der Waals surface area (Å²) in [6, 6.07) is 2.47. The number of carboxylic acids is 1. The summed E-state index contributed by atoms with van der Waals surface area (Å²) in [4.78, 5) is 14.3. The van der Waals surface area contributed by atoms with Crippen LogP contribution in [-0.4, -0.2) is 29.6 Å². The van der Waals surface area contributed by atoms with Crippen LogP contribution in [0.3, 0.4) is 0 Å². The zero-order valence-electron chi connectivity index (χ0n) is 10.6. The fraction of sp³-hybridized carbons (Fsp3) is 0.182. The number of aromatic carboxylic acids is 1. The normalized spacial score (nSPS) is 11.3. The van der Waals surface area contributed by atoms with Crippen molar-refractivity contribution in [3.8, 4) is 0 Å². The second-order valence-electron chi connectivity index (χ2n) is 3.99. The Morgan fingerprint density at radius 2 is 2.10 bits per heavy atom. The molecule has 0 aromatic carbocycles. The van der Waals surface area contributed by atoms with E-state index in [1.54, 1.807) is 0 Å². The molecule has 9 heteroatoms. The van der Waals surface area contributed by atoms with Gasteiger partial charge in [0.15, 0.2) is 10.7 Å². The molecule has 0 spiro atoms. The van der Waals surface area contributed by atoms with Crippen molar-refractivity contribution >= 4 is 21.7 Å². The molecule has 0 aliphatic rings. The number of sulfonamides is 1. The third kappa shape index (κ3) is 2.62. The fourth-order valence-electron chi connectivity index (χ4n) is 1.68. The Morgan fingerprint density at radius 3 is 2.65 bits per heavy atom. The molecule has 2 heterocycles. The standard InChI is InChI=1S/C11H11N3O5S/c1-6-10(7(2)19-13-6)20(17,18)14-8-3-4-12-9(5-8)11(15)16/h3-5H,1-2H3,(H,12,14)(H,15,16). The molecule has 0 aliphatic heterocycles. The first-order valence-electron chi connectivity index (χ1n) is 5.46. The Bertz CT molecular complexity index is 747. The number of nitrogens with one attached hydrogen (secondary N) is 1. The quantitative estimate of drug-likeness (QED) is 0.868. The van der Waals surface area contributed by atoms with E-state index in [0.29, 0.717) is 0 Å². The molecule has 0 fully saturated rings. The van der Waals surface area contributed by atoms with Crippen molar-refractivity contribution in [3.05, 3.63) is 35.5 Å². The van der Waals surface area contributed by atoms with Crippen molar-refractivity contribution < 1.29 is 22.8 Å². The largest absolute Gasteiger partial charge is 0.477 e. The molecule has 0 saturated heterocycles. The maximum absolute atomic E-state index is 12.2. The highest BCUT2D eigenvalue weighted by molar-refractivity contribution is 7.92. The molecule has 0 atom stereocenters. The van der Waals surface area contributed by atoms with Gasteiger partial charge in [0.05, 0.1) is 5.69 Å². The van der Waals surface area contributed by atoms with E-state index in [9.17, 15) is 13.2 Å². The van der Waals surface area contributed by atoms with Crippen LogP contribution in [-0.2, 0) is 10.0 Å². The molecule has 2 aromatic rings. The minimum Gasteiger partial charge on any atom is -0.477 e. The van der Waals surface area contributed by atoms with Crippen LogP contribution in [0.5, 0.6) is 0 Å². The van der Waals surface area contributed by atoms with Crippen LogP contribution in [0.2, 0.25) is 0 Å². The molecule has 0 bridgehead atoms. The predicted molar refractivity (Wildman–Crippen MR) is 68.0 cm³/mol. The SMILES string of the molecule is Cc1noc(C)c1S(=O)(=O)Nc1ccnc(C(=O)O)c1. The summed E-state index contributed by atoms with van der Waals surface area (Å²) in [6.07, 6.45) is 1.20. The monoisotopic (exact) mass is 297 g/mol. The number of hydrogen-bond acceptors (Lipinski definition) is 6. The van der Waals surface area contributed by atoms with E-state index in [1.165, 1.54) is 26.1 Å². The molecule has 20 heavy (non-hydrogen) atoms. The van der Waals surface area contributed by atoms with Gasteiger partial charge < -0.3 is 9.63 Å². The molecule has 106 valence electrons. The van der Waals surface area contributed by atoms with E-state index < -0.39 is 16.0 Å². The second-order valence-corrected chi connectivity index (χ2v) is 5.61. The Hall–Kier alpha value is -2.42. The molecular weight excluding hydrogens is 286 g/mol. The van der Waals surface area contributed by atoms with Crippen LogP contribution in [0.25, 0.3) is 0 Å².